The highest BCUT2D eigenvalue weighted by Gasteiger charge is 2.44. The van der Waals surface area contributed by atoms with Crippen LogP contribution in [0.4, 0.5) is 10.5 Å². The zero-order chi connectivity index (χ0) is 19.9. The van der Waals surface area contributed by atoms with Crippen LogP contribution in [0.5, 0.6) is 5.88 Å². The third-order valence-electron chi connectivity index (χ3n) is 5.99. The third-order valence-corrected chi connectivity index (χ3v) is 7.29. The molecule has 3 fully saturated rings. The minimum atomic E-state index is -3.14. The number of carbonyl (C=O) groups is 1. The van der Waals surface area contributed by atoms with E-state index < -0.39 is 16.1 Å². The van der Waals surface area contributed by atoms with E-state index in [2.05, 4.69) is 9.88 Å². The van der Waals surface area contributed by atoms with E-state index in [9.17, 15) is 18.3 Å². The summed E-state index contributed by atoms with van der Waals surface area (Å²) in [5.41, 5.74) is 0.946. The van der Waals surface area contributed by atoms with Gasteiger partial charge in [-0.25, -0.2) is 18.2 Å². The lowest BCUT2D eigenvalue weighted by Gasteiger charge is -2.37. The first kappa shape index (κ1) is 19.3. The fourth-order valence-electron chi connectivity index (χ4n) is 4.61. The van der Waals surface area contributed by atoms with Gasteiger partial charge in [0.1, 0.15) is 6.10 Å². The highest BCUT2D eigenvalue weighted by Crippen LogP contribution is 2.37. The summed E-state index contributed by atoms with van der Waals surface area (Å²) >= 11 is 0. The Balaban J connectivity index is 1.33. The van der Waals surface area contributed by atoms with E-state index in [0.29, 0.717) is 44.9 Å². The molecule has 4 rings (SSSR count). The highest BCUT2D eigenvalue weighted by molar-refractivity contribution is 7.88. The van der Waals surface area contributed by atoms with Gasteiger partial charge < -0.3 is 19.6 Å². The summed E-state index contributed by atoms with van der Waals surface area (Å²) in [6.45, 7) is 2.21. The summed E-state index contributed by atoms with van der Waals surface area (Å²) in [7, 11) is -3.14. The van der Waals surface area contributed by atoms with E-state index in [4.69, 9.17) is 4.74 Å². The average molecular weight is 410 g/mol. The van der Waals surface area contributed by atoms with Crippen molar-refractivity contribution in [3.63, 3.8) is 0 Å². The van der Waals surface area contributed by atoms with Crippen LogP contribution < -0.4 is 9.64 Å². The number of amides is 1. The zero-order valence-electron chi connectivity index (χ0n) is 15.9. The first-order valence-corrected chi connectivity index (χ1v) is 11.5. The maximum atomic E-state index is 11.6. The first-order valence-electron chi connectivity index (χ1n) is 9.65. The van der Waals surface area contributed by atoms with Crippen molar-refractivity contribution in [3.8, 4) is 5.88 Å². The van der Waals surface area contributed by atoms with Gasteiger partial charge in [-0.2, -0.15) is 4.31 Å². The van der Waals surface area contributed by atoms with Gasteiger partial charge in [0, 0.05) is 57.2 Å². The van der Waals surface area contributed by atoms with Gasteiger partial charge in [0.2, 0.25) is 15.9 Å². The van der Waals surface area contributed by atoms with E-state index in [1.165, 1.54) is 10.6 Å². The number of sulfonamides is 1. The van der Waals surface area contributed by atoms with Crippen molar-refractivity contribution in [2.45, 2.75) is 43.9 Å². The highest BCUT2D eigenvalue weighted by atomic mass is 32.2. The van der Waals surface area contributed by atoms with E-state index in [-0.39, 0.29) is 18.2 Å². The van der Waals surface area contributed by atoms with E-state index >= 15 is 0 Å². The smallest absolute Gasteiger partial charge is 0.407 e. The molecule has 2 bridgehead atoms. The molecule has 154 valence electrons. The molecule has 0 aromatic carbocycles. The number of nitrogens with zero attached hydrogens (tertiary/aromatic N) is 4. The standard InChI is InChI=1S/C18H26N4O5S/c1-28(25,26)21-8-6-20(7-9-21)15-4-5-17(19-12-15)27-16-10-13-2-3-14(11-16)22(13)18(23)24/h4-5,12-14,16H,2-3,6-11H2,1H3,(H,23,24)/t13-,14+,16-. The summed E-state index contributed by atoms with van der Waals surface area (Å²) in [4.78, 5) is 19.5. The lowest BCUT2D eigenvalue weighted by Crippen LogP contribution is -2.48. The second-order valence-electron chi connectivity index (χ2n) is 7.79. The zero-order valence-corrected chi connectivity index (χ0v) is 16.7. The van der Waals surface area contributed by atoms with Crippen LogP contribution in [-0.4, -0.2) is 84.4 Å². The molecule has 9 nitrogen and oxygen atoms in total. The number of fused-ring (bicyclic) bond motifs is 2. The molecule has 0 saturated carbocycles. The lowest BCUT2D eigenvalue weighted by molar-refractivity contribution is 0.0477. The van der Waals surface area contributed by atoms with Crippen molar-refractivity contribution >= 4 is 21.8 Å². The van der Waals surface area contributed by atoms with Crippen molar-refractivity contribution in [1.29, 1.82) is 0 Å². The monoisotopic (exact) mass is 410 g/mol. The third kappa shape index (κ3) is 3.88. The van der Waals surface area contributed by atoms with Gasteiger partial charge in [0.15, 0.2) is 0 Å². The Hall–Kier alpha value is -2.07. The molecular weight excluding hydrogens is 384 g/mol. The second-order valence-corrected chi connectivity index (χ2v) is 9.77. The topological polar surface area (TPSA) is 103 Å². The summed E-state index contributed by atoms with van der Waals surface area (Å²) in [5, 5.41) is 9.34. The van der Waals surface area contributed by atoms with E-state index in [0.717, 1.165) is 18.5 Å². The van der Waals surface area contributed by atoms with Crippen molar-refractivity contribution in [2.75, 3.05) is 37.3 Å². The number of ether oxygens (including phenoxy) is 1. The fraction of sp³-hybridized carbons (Fsp3) is 0.667. The molecule has 3 aliphatic rings. The number of rotatable bonds is 4. The molecule has 10 heteroatoms. The van der Waals surface area contributed by atoms with Crippen LogP contribution >= 0.6 is 0 Å². The summed E-state index contributed by atoms with van der Waals surface area (Å²) < 4.78 is 30.8. The summed E-state index contributed by atoms with van der Waals surface area (Å²) in [5.74, 6) is 0.548. The molecule has 1 aromatic heterocycles. The Bertz CT molecular complexity index is 809. The van der Waals surface area contributed by atoms with Crippen LogP contribution in [0.2, 0.25) is 0 Å². The predicted octanol–water partition coefficient (Wildman–Crippen LogP) is 1.22. The Kier molecular flexibility index (Phi) is 5.09. The molecule has 28 heavy (non-hydrogen) atoms. The number of carboxylic acid groups (broad SMARTS) is 1. The number of pyridine rings is 1. The summed E-state index contributed by atoms with van der Waals surface area (Å²) in [6, 6.07) is 3.88. The molecule has 0 radical (unpaired) electrons. The van der Waals surface area contributed by atoms with Gasteiger partial charge in [0.05, 0.1) is 18.1 Å². The number of hydrogen-bond donors (Lipinski definition) is 1. The van der Waals surface area contributed by atoms with E-state index in [1.54, 1.807) is 11.1 Å². The van der Waals surface area contributed by atoms with Gasteiger partial charge in [-0.3, -0.25) is 0 Å². The molecule has 0 spiro atoms. The quantitative estimate of drug-likeness (QED) is 0.796. The number of anilines is 1. The van der Waals surface area contributed by atoms with Crippen LogP contribution in [0.25, 0.3) is 0 Å². The molecule has 1 amide bonds. The maximum absolute atomic E-state index is 11.6. The lowest BCUT2D eigenvalue weighted by atomic mass is 10.0. The Morgan fingerprint density at radius 1 is 1.14 bits per heavy atom. The fourth-order valence-corrected chi connectivity index (χ4v) is 5.44. The minimum absolute atomic E-state index is 0.00949. The molecule has 0 aliphatic carbocycles. The van der Waals surface area contributed by atoms with Crippen LogP contribution in [0.15, 0.2) is 18.3 Å². The molecule has 4 heterocycles. The number of aromatic nitrogens is 1. The van der Waals surface area contributed by atoms with Crippen LogP contribution in [0, 0.1) is 0 Å². The Morgan fingerprint density at radius 3 is 2.29 bits per heavy atom. The molecule has 3 atom stereocenters. The predicted molar refractivity (Wildman–Crippen MR) is 103 cm³/mol. The molecular formula is C18H26N4O5S. The van der Waals surface area contributed by atoms with Gasteiger partial charge in [0.25, 0.3) is 0 Å². The molecule has 0 unspecified atom stereocenters. The van der Waals surface area contributed by atoms with Crippen molar-refractivity contribution in [2.24, 2.45) is 0 Å². The summed E-state index contributed by atoms with van der Waals surface area (Å²) in [6.07, 6.45) is 5.38. The molecule has 1 aromatic rings. The second kappa shape index (κ2) is 7.40. The van der Waals surface area contributed by atoms with Crippen LogP contribution in [-0.2, 0) is 10.0 Å². The minimum Gasteiger partial charge on any atom is -0.474 e. The van der Waals surface area contributed by atoms with Crippen LogP contribution in [0.3, 0.4) is 0 Å². The first-order chi connectivity index (χ1) is 13.3. The van der Waals surface area contributed by atoms with Crippen molar-refractivity contribution < 1.29 is 23.1 Å². The van der Waals surface area contributed by atoms with Gasteiger partial charge in [-0.15, -0.1) is 0 Å². The van der Waals surface area contributed by atoms with Gasteiger partial charge in [-0.1, -0.05) is 0 Å². The number of piperidine rings is 1. The van der Waals surface area contributed by atoms with Crippen molar-refractivity contribution in [1.82, 2.24) is 14.2 Å². The average Bonchev–Trinajstić information content (AvgIpc) is 2.93. The Morgan fingerprint density at radius 2 is 1.79 bits per heavy atom. The largest absolute Gasteiger partial charge is 0.474 e. The SMILES string of the molecule is CS(=O)(=O)N1CCN(c2ccc(O[C@@H]3C[C@H]4CC[C@@H](C3)N4C(=O)O)nc2)CC1. The Labute approximate surface area is 164 Å². The normalized spacial score (nSPS) is 28.4. The van der Waals surface area contributed by atoms with Crippen molar-refractivity contribution in [3.05, 3.63) is 18.3 Å². The molecule has 1 N–H and O–H groups in total. The number of piperazine rings is 1. The van der Waals surface area contributed by atoms with Crippen LogP contribution in [0.1, 0.15) is 25.7 Å². The number of hydrogen-bond acceptors (Lipinski definition) is 6. The maximum Gasteiger partial charge on any atom is 0.407 e. The molecule has 3 saturated heterocycles. The van der Waals surface area contributed by atoms with Gasteiger partial charge >= 0.3 is 6.09 Å². The van der Waals surface area contributed by atoms with E-state index in [1.807, 2.05) is 12.1 Å². The molecule has 3 aliphatic heterocycles. The van der Waals surface area contributed by atoms with Gasteiger partial charge in [-0.05, 0) is 18.9 Å².